The van der Waals surface area contributed by atoms with Crippen molar-refractivity contribution in [1.29, 1.82) is 0 Å². The van der Waals surface area contributed by atoms with E-state index in [9.17, 15) is 14.3 Å². The molecule has 0 amide bonds. The standard InChI is InChI=1S/C15H12FN3O3/c1-22-15(21)13-11(8-9-3-2-4-10(16)7-9)14(20)19-12(18-13)5-6-17-19/h2-7,20H,8H2,1H3. The van der Waals surface area contributed by atoms with E-state index in [1.165, 1.54) is 30.0 Å². The molecule has 0 aliphatic rings. The normalized spacial score (nSPS) is 10.8. The summed E-state index contributed by atoms with van der Waals surface area (Å²) in [6.07, 6.45) is 1.58. The van der Waals surface area contributed by atoms with Crippen LogP contribution in [0.25, 0.3) is 5.65 Å². The van der Waals surface area contributed by atoms with E-state index in [0.29, 0.717) is 11.2 Å². The van der Waals surface area contributed by atoms with Crippen molar-refractivity contribution in [3.8, 4) is 5.88 Å². The van der Waals surface area contributed by atoms with Crippen LogP contribution in [0.4, 0.5) is 4.39 Å². The maximum absolute atomic E-state index is 13.3. The largest absolute Gasteiger partial charge is 0.493 e. The number of fused-ring (bicyclic) bond motifs is 1. The maximum Gasteiger partial charge on any atom is 0.357 e. The van der Waals surface area contributed by atoms with E-state index in [4.69, 9.17) is 4.74 Å². The van der Waals surface area contributed by atoms with Gasteiger partial charge in [0.1, 0.15) is 5.82 Å². The van der Waals surface area contributed by atoms with Crippen LogP contribution in [-0.4, -0.2) is 32.8 Å². The number of hydrogen-bond acceptors (Lipinski definition) is 5. The molecule has 7 heteroatoms. The third-order valence-corrected chi connectivity index (χ3v) is 3.25. The SMILES string of the molecule is COC(=O)c1nc2ccnn2c(O)c1Cc1cccc(F)c1. The van der Waals surface area contributed by atoms with Crippen molar-refractivity contribution in [3.63, 3.8) is 0 Å². The zero-order valence-corrected chi connectivity index (χ0v) is 11.7. The molecule has 0 aliphatic carbocycles. The van der Waals surface area contributed by atoms with E-state index in [2.05, 4.69) is 10.1 Å². The van der Waals surface area contributed by atoms with Gasteiger partial charge in [-0.3, -0.25) is 0 Å². The fraction of sp³-hybridized carbons (Fsp3) is 0.133. The summed E-state index contributed by atoms with van der Waals surface area (Å²) in [5.41, 5.74) is 1.13. The Bertz CT molecular complexity index is 860. The topological polar surface area (TPSA) is 76.7 Å². The highest BCUT2D eigenvalue weighted by molar-refractivity contribution is 5.90. The van der Waals surface area contributed by atoms with Gasteiger partial charge in [-0.1, -0.05) is 12.1 Å². The molecule has 1 aromatic carbocycles. The summed E-state index contributed by atoms with van der Waals surface area (Å²) in [7, 11) is 1.23. The number of hydrogen-bond donors (Lipinski definition) is 1. The molecule has 1 N–H and O–H groups in total. The van der Waals surface area contributed by atoms with Gasteiger partial charge in [-0.15, -0.1) is 0 Å². The fourth-order valence-electron chi connectivity index (χ4n) is 2.24. The predicted octanol–water partition coefficient (Wildman–Crippen LogP) is 1.95. The monoisotopic (exact) mass is 301 g/mol. The predicted molar refractivity (Wildman–Crippen MR) is 75.2 cm³/mol. The van der Waals surface area contributed by atoms with E-state index in [-0.39, 0.29) is 23.6 Å². The van der Waals surface area contributed by atoms with Gasteiger partial charge in [0, 0.05) is 12.5 Å². The molecule has 2 aromatic heterocycles. The van der Waals surface area contributed by atoms with Crippen LogP contribution in [0.1, 0.15) is 21.6 Å². The van der Waals surface area contributed by atoms with Crippen LogP contribution in [0.3, 0.4) is 0 Å². The zero-order chi connectivity index (χ0) is 15.7. The summed E-state index contributed by atoms with van der Waals surface area (Å²) in [5.74, 6) is -1.30. The van der Waals surface area contributed by atoms with E-state index in [1.54, 1.807) is 18.2 Å². The van der Waals surface area contributed by atoms with Crippen molar-refractivity contribution in [2.45, 2.75) is 6.42 Å². The van der Waals surface area contributed by atoms with Crippen LogP contribution >= 0.6 is 0 Å². The Hall–Kier alpha value is -2.96. The average molecular weight is 301 g/mol. The highest BCUT2D eigenvalue weighted by atomic mass is 19.1. The number of halogens is 1. The molecule has 0 bridgehead atoms. The fourth-order valence-corrected chi connectivity index (χ4v) is 2.24. The van der Waals surface area contributed by atoms with Crippen LogP contribution in [0.2, 0.25) is 0 Å². The molecule has 0 fully saturated rings. The summed E-state index contributed by atoms with van der Waals surface area (Å²) in [4.78, 5) is 16.1. The molecule has 0 atom stereocenters. The molecule has 0 unspecified atom stereocenters. The van der Waals surface area contributed by atoms with Gasteiger partial charge in [0.05, 0.1) is 18.9 Å². The summed E-state index contributed by atoms with van der Waals surface area (Å²) >= 11 is 0. The average Bonchev–Trinajstić information content (AvgIpc) is 2.98. The molecule has 0 saturated carbocycles. The van der Waals surface area contributed by atoms with E-state index < -0.39 is 11.8 Å². The molecule has 22 heavy (non-hydrogen) atoms. The van der Waals surface area contributed by atoms with Crippen molar-refractivity contribution in [2.75, 3.05) is 7.11 Å². The van der Waals surface area contributed by atoms with Crippen molar-refractivity contribution in [3.05, 3.63) is 59.2 Å². The van der Waals surface area contributed by atoms with Gasteiger partial charge < -0.3 is 9.84 Å². The van der Waals surface area contributed by atoms with Gasteiger partial charge >= 0.3 is 5.97 Å². The molecular formula is C15H12FN3O3. The number of ether oxygens (including phenoxy) is 1. The summed E-state index contributed by atoms with van der Waals surface area (Å²) in [6, 6.07) is 7.45. The summed E-state index contributed by atoms with van der Waals surface area (Å²) in [6.45, 7) is 0. The lowest BCUT2D eigenvalue weighted by Crippen LogP contribution is -2.12. The van der Waals surface area contributed by atoms with Gasteiger partial charge in [-0.2, -0.15) is 9.61 Å². The van der Waals surface area contributed by atoms with Crippen LogP contribution in [0, 0.1) is 5.82 Å². The number of methoxy groups -OCH3 is 1. The minimum atomic E-state index is -0.676. The zero-order valence-electron chi connectivity index (χ0n) is 11.7. The molecule has 2 heterocycles. The van der Waals surface area contributed by atoms with E-state index in [1.807, 2.05) is 0 Å². The number of nitrogens with zero attached hydrogens (tertiary/aromatic N) is 3. The Morgan fingerprint density at radius 1 is 1.41 bits per heavy atom. The highest BCUT2D eigenvalue weighted by Gasteiger charge is 2.21. The molecule has 0 saturated heterocycles. The smallest absolute Gasteiger partial charge is 0.357 e. The van der Waals surface area contributed by atoms with E-state index in [0.717, 1.165) is 0 Å². The van der Waals surface area contributed by atoms with Crippen LogP contribution < -0.4 is 0 Å². The minimum absolute atomic E-state index is 0.0164. The third kappa shape index (κ3) is 2.37. The number of benzene rings is 1. The van der Waals surface area contributed by atoms with Crippen molar-refractivity contribution in [2.24, 2.45) is 0 Å². The first kappa shape index (κ1) is 14.0. The van der Waals surface area contributed by atoms with Gasteiger partial charge in [0.25, 0.3) is 0 Å². The number of carbonyl (C=O) groups is 1. The molecule has 0 spiro atoms. The first-order valence-electron chi connectivity index (χ1n) is 6.48. The number of carbonyl (C=O) groups excluding carboxylic acids is 1. The van der Waals surface area contributed by atoms with Crippen LogP contribution in [0.15, 0.2) is 36.5 Å². The Kier molecular flexibility index (Phi) is 3.46. The molecular weight excluding hydrogens is 289 g/mol. The minimum Gasteiger partial charge on any atom is -0.493 e. The Morgan fingerprint density at radius 3 is 2.95 bits per heavy atom. The van der Waals surface area contributed by atoms with Crippen molar-refractivity contribution in [1.82, 2.24) is 14.6 Å². The first-order valence-corrected chi connectivity index (χ1v) is 6.48. The quantitative estimate of drug-likeness (QED) is 0.748. The maximum atomic E-state index is 13.3. The molecule has 0 aliphatic heterocycles. The van der Waals surface area contributed by atoms with Crippen LogP contribution in [-0.2, 0) is 11.2 Å². The van der Waals surface area contributed by atoms with Crippen molar-refractivity contribution >= 4 is 11.6 Å². The molecule has 6 nitrogen and oxygen atoms in total. The van der Waals surface area contributed by atoms with Crippen LogP contribution in [0.5, 0.6) is 5.88 Å². The number of rotatable bonds is 3. The molecule has 3 aromatic rings. The highest BCUT2D eigenvalue weighted by Crippen LogP contribution is 2.25. The second-order valence-corrected chi connectivity index (χ2v) is 4.66. The Morgan fingerprint density at radius 2 is 2.23 bits per heavy atom. The molecule has 0 radical (unpaired) electrons. The second-order valence-electron chi connectivity index (χ2n) is 4.66. The summed E-state index contributed by atoms with van der Waals surface area (Å²) in [5, 5.41) is 14.3. The third-order valence-electron chi connectivity index (χ3n) is 3.25. The molecule has 112 valence electrons. The first-order chi connectivity index (χ1) is 10.6. The van der Waals surface area contributed by atoms with Crippen molar-refractivity contribution < 1.29 is 19.0 Å². The lowest BCUT2D eigenvalue weighted by atomic mass is 10.0. The van der Waals surface area contributed by atoms with Gasteiger partial charge in [0.15, 0.2) is 11.3 Å². The number of aromatic nitrogens is 3. The van der Waals surface area contributed by atoms with Gasteiger partial charge in [-0.25, -0.2) is 14.2 Å². The Labute approximate surface area is 124 Å². The molecule has 3 rings (SSSR count). The summed E-state index contributed by atoms with van der Waals surface area (Å²) < 4.78 is 19.2. The number of esters is 1. The lowest BCUT2D eigenvalue weighted by Gasteiger charge is -2.11. The van der Waals surface area contributed by atoms with Gasteiger partial charge in [-0.05, 0) is 17.7 Å². The lowest BCUT2D eigenvalue weighted by molar-refractivity contribution is 0.0592. The van der Waals surface area contributed by atoms with Gasteiger partial charge in [0.2, 0.25) is 5.88 Å². The second kappa shape index (κ2) is 5.44. The van der Waals surface area contributed by atoms with E-state index >= 15 is 0 Å². The Balaban J connectivity index is 2.17. The number of aromatic hydroxyl groups is 1.